The molecule has 0 saturated carbocycles. The van der Waals surface area contributed by atoms with Gasteiger partial charge in [0, 0.05) is 11.6 Å². The summed E-state index contributed by atoms with van der Waals surface area (Å²) in [6.07, 6.45) is -0.646. The van der Waals surface area contributed by atoms with Crippen LogP contribution in [0.15, 0.2) is 48.5 Å². The minimum atomic E-state index is -0.646. The van der Waals surface area contributed by atoms with Crippen LogP contribution < -0.4 is 10.1 Å². The zero-order chi connectivity index (χ0) is 15.2. The van der Waals surface area contributed by atoms with E-state index in [0.29, 0.717) is 22.3 Å². The van der Waals surface area contributed by atoms with Gasteiger partial charge in [0.05, 0.1) is 5.02 Å². The maximum Gasteiger partial charge on any atom is 0.261 e. The van der Waals surface area contributed by atoms with Crippen molar-refractivity contribution in [3.8, 4) is 5.75 Å². The SMILES string of the molecule is C[C@H](Oc1ccc(Cl)cc1Cl)C(=O)NCc1ccccc1. The van der Waals surface area contributed by atoms with E-state index in [1.165, 1.54) is 0 Å². The van der Waals surface area contributed by atoms with Gasteiger partial charge in [-0.25, -0.2) is 0 Å². The van der Waals surface area contributed by atoms with Crippen LogP contribution in [-0.2, 0) is 11.3 Å². The minimum absolute atomic E-state index is 0.204. The quantitative estimate of drug-likeness (QED) is 0.900. The van der Waals surface area contributed by atoms with Crippen LogP contribution in [0.25, 0.3) is 0 Å². The van der Waals surface area contributed by atoms with Crippen molar-refractivity contribution in [2.45, 2.75) is 19.6 Å². The number of hydrogen-bond donors (Lipinski definition) is 1. The number of benzene rings is 2. The number of carbonyl (C=O) groups excluding carboxylic acids is 1. The number of carbonyl (C=O) groups is 1. The van der Waals surface area contributed by atoms with E-state index < -0.39 is 6.10 Å². The summed E-state index contributed by atoms with van der Waals surface area (Å²) in [5.41, 5.74) is 1.03. The smallest absolute Gasteiger partial charge is 0.261 e. The molecule has 0 aliphatic heterocycles. The zero-order valence-corrected chi connectivity index (χ0v) is 13.0. The fourth-order valence-electron chi connectivity index (χ4n) is 1.74. The molecule has 21 heavy (non-hydrogen) atoms. The Morgan fingerprint density at radius 2 is 1.90 bits per heavy atom. The summed E-state index contributed by atoms with van der Waals surface area (Å²) >= 11 is 11.8. The molecule has 0 bridgehead atoms. The van der Waals surface area contributed by atoms with Crippen molar-refractivity contribution in [3.05, 3.63) is 64.1 Å². The molecule has 1 N–H and O–H groups in total. The first-order valence-corrected chi connectivity index (χ1v) is 7.25. The summed E-state index contributed by atoms with van der Waals surface area (Å²) in [5, 5.41) is 3.72. The third-order valence-corrected chi connectivity index (χ3v) is 3.41. The standard InChI is InChI=1S/C16H15Cl2NO2/c1-11(21-15-8-7-13(17)9-14(15)18)16(20)19-10-12-5-3-2-4-6-12/h2-9,11H,10H2,1H3,(H,19,20)/t11-/m0/s1. The number of rotatable bonds is 5. The molecule has 0 aromatic heterocycles. The lowest BCUT2D eigenvalue weighted by Gasteiger charge is -2.15. The lowest BCUT2D eigenvalue weighted by molar-refractivity contribution is -0.127. The van der Waals surface area contributed by atoms with E-state index in [1.54, 1.807) is 25.1 Å². The average molecular weight is 324 g/mol. The Balaban J connectivity index is 1.90. The second-order valence-corrected chi connectivity index (χ2v) is 5.38. The number of hydrogen-bond acceptors (Lipinski definition) is 2. The van der Waals surface area contributed by atoms with Crippen LogP contribution >= 0.6 is 23.2 Å². The zero-order valence-electron chi connectivity index (χ0n) is 11.5. The van der Waals surface area contributed by atoms with Crippen molar-refractivity contribution < 1.29 is 9.53 Å². The molecule has 2 rings (SSSR count). The molecular formula is C16H15Cl2NO2. The number of nitrogens with one attached hydrogen (secondary N) is 1. The van der Waals surface area contributed by atoms with E-state index in [-0.39, 0.29) is 5.91 Å². The maximum absolute atomic E-state index is 12.0. The van der Waals surface area contributed by atoms with Gasteiger partial charge in [-0.05, 0) is 30.7 Å². The van der Waals surface area contributed by atoms with Crippen LogP contribution in [0.5, 0.6) is 5.75 Å². The molecule has 0 aliphatic carbocycles. The van der Waals surface area contributed by atoms with Crippen LogP contribution in [0.3, 0.4) is 0 Å². The van der Waals surface area contributed by atoms with Gasteiger partial charge in [-0.3, -0.25) is 4.79 Å². The summed E-state index contributed by atoms with van der Waals surface area (Å²) in [4.78, 5) is 12.0. The van der Waals surface area contributed by atoms with Crippen LogP contribution in [0.2, 0.25) is 10.0 Å². The number of halogens is 2. The van der Waals surface area contributed by atoms with Crippen LogP contribution in [0.4, 0.5) is 0 Å². The van der Waals surface area contributed by atoms with Crippen molar-refractivity contribution >= 4 is 29.1 Å². The second kappa shape index (κ2) is 7.34. The van der Waals surface area contributed by atoms with Gasteiger partial charge in [-0.15, -0.1) is 0 Å². The van der Waals surface area contributed by atoms with Crippen molar-refractivity contribution in [1.82, 2.24) is 5.32 Å². The molecule has 110 valence electrons. The molecule has 0 unspecified atom stereocenters. The largest absolute Gasteiger partial charge is 0.479 e. The van der Waals surface area contributed by atoms with Gasteiger partial charge in [0.1, 0.15) is 5.75 Å². The molecule has 3 nitrogen and oxygen atoms in total. The van der Waals surface area contributed by atoms with Crippen molar-refractivity contribution in [2.24, 2.45) is 0 Å². The maximum atomic E-state index is 12.0. The average Bonchev–Trinajstić information content (AvgIpc) is 2.48. The molecule has 0 spiro atoms. The van der Waals surface area contributed by atoms with Crippen LogP contribution in [-0.4, -0.2) is 12.0 Å². The lowest BCUT2D eigenvalue weighted by atomic mass is 10.2. The molecular weight excluding hydrogens is 309 g/mol. The van der Waals surface area contributed by atoms with Crippen molar-refractivity contribution in [3.63, 3.8) is 0 Å². The fraction of sp³-hybridized carbons (Fsp3) is 0.188. The van der Waals surface area contributed by atoms with Gasteiger partial charge in [-0.2, -0.15) is 0 Å². The van der Waals surface area contributed by atoms with Gasteiger partial charge in [-0.1, -0.05) is 53.5 Å². The predicted molar refractivity (Wildman–Crippen MR) is 84.8 cm³/mol. The van der Waals surface area contributed by atoms with E-state index in [4.69, 9.17) is 27.9 Å². The Kier molecular flexibility index (Phi) is 5.48. The van der Waals surface area contributed by atoms with Gasteiger partial charge in [0.25, 0.3) is 5.91 Å². The Bertz CT molecular complexity index is 617. The van der Waals surface area contributed by atoms with Crippen molar-refractivity contribution in [2.75, 3.05) is 0 Å². The Hall–Kier alpha value is -1.71. The van der Waals surface area contributed by atoms with E-state index in [2.05, 4.69) is 5.32 Å². The lowest BCUT2D eigenvalue weighted by Crippen LogP contribution is -2.35. The first-order chi connectivity index (χ1) is 10.1. The summed E-state index contributed by atoms with van der Waals surface area (Å²) in [6, 6.07) is 14.6. The molecule has 1 amide bonds. The molecule has 0 radical (unpaired) electrons. The Morgan fingerprint density at radius 1 is 1.19 bits per heavy atom. The second-order valence-electron chi connectivity index (χ2n) is 4.54. The van der Waals surface area contributed by atoms with E-state index in [0.717, 1.165) is 5.56 Å². The molecule has 0 saturated heterocycles. The molecule has 0 fully saturated rings. The highest BCUT2D eigenvalue weighted by Gasteiger charge is 2.15. The highest BCUT2D eigenvalue weighted by Crippen LogP contribution is 2.28. The topological polar surface area (TPSA) is 38.3 Å². The van der Waals surface area contributed by atoms with Crippen LogP contribution in [0.1, 0.15) is 12.5 Å². The highest BCUT2D eigenvalue weighted by atomic mass is 35.5. The van der Waals surface area contributed by atoms with Crippen molar-refractivity contribution in [1.29, 1.82) is 0 Å². The first-order valence-electron chi connectivity index (χ1n) is 6.49. The molecule has 0 aliphatic rings. The van der Waals surface area contributed by atoms with Gasteiger partial charge >= 0.3 is 0 Å². The third-order valence-electron chi connectivity index (χ3n) is 2.88. The van der Waals surface area contributed by atoms with Gasteiger partial charge in [0.15, 0.2) is 6.10 Å². The Morgan fingerprint density at radius 3 is 2.57 bits per heavy atom. The third kappa shape index (κ3) is 4.66. The summed E-state index contributed by atoms with van der Waals surface area (Å²) < 4.78 is 5.55. The van der Waals surface area contributed by atoms with Gasteiger partial charge in [0.2, 0.25) is 0 Å². The minimum Gasteiger partial charge on any atom is -0.479 e. The molecule has 2 aromatic rings. The first kappa shape index (κ1) is 15.7. The molecule has 1 atom stereocenters. The van der Waals surface area contributed by atoms with Crippen LogP contribution in [0, 0.1) is 0 Å². The van der Waals surface area contributed by atoms with E-state index >= 15 is 0 Å². The number of ether oxygens (including phenoxy) is 1. The number of amides is 1. The van der Waals surface area contributed by atoms with Gasteiger partial charge < -0.3 is 10.1 Å². The Labute approximate surface area is 133 Å². The fourth-order valence-corrected chi connectivity index (χ4v) is 2.20. The summed E-state index contributed by atoms with van der Waals surface area (Å²) in [7, 11) is 0. The van der Waals surface area contributed by atoms with E-state index in [1.807, 2.05) is 30.3 Å². The monoisotopic (exact) mass is 323 g/mol. The highest BCUT2D eigenvalue weighted by molar-refractivity contribution is 6.35. The molecule has 2 aromatic carbocycles. The molecule has 0 heterocycles. The molecule has 5 heteroatoms. The summed E-state index contributed by atoms with van der Waals surface area (Å²) in [5.74, 6) is 0.230. The normalized spacial score (nSPS) is 11.8. The van der Waals surface area contributed by atoms with E-state index in [9.17, 15) is 4.79 Å². The predicted octanol–water partition coefficient (Wildman–Crippen LogP) is 4.08. The summed E-state index contributed by atoms with van der Waals surface area (Å²) in [6.45, 7) is 2.13.